The first-order valence-electron chi connectivity index (χ1n) is 9.14. The van der Waals surface area contributed by atoms with E-state index < -0.39 is 23.6 Å². The molecule has 0 fully saturated rings. The maximum absolute atomic E-state index is 13.9. The minimum absolute atomic E-state index is 0.0271. The second-order valence-electron chi connectivity index (χ2n) is 6.50. The zero-order chi connectivity index (χ0) is 22.4. The van der Waals surface area contributed by atoms with Gasteiger partial charge in [0.2, 0.25) is 5.91 Å². The molecule has 0 bridgehead atoms. The molecule has 3 aromatic rings. The topological polar surface area (TPSA) is 97.6 Å². The lowest BCUT2D eigenvalue weighted by atomic mass is 10.1. The number of amides is 2. The summed E-state index contributed by atoms with van der Waals surface area (Å²) in [6.45, 7) is 0.0271. The van der Waals surface area contributed by atoms with Gasteiger partial charge >= 0.3 is 5.97 Å². The highest BCUT2D eigenvalue weighted by Gasteiger charge is 2.15. The van der Waals surface area contributed by atoms with E-state index in [0.29, 0.717) is 11.3 Å². The first-order chi connectivity index (χ1) is 14.9. The predicted molar refractivity (Wildman–Crippen MR) is 111 cm³/mol. The van der Waals surface area contributed by atoms with Gasteiger partial charge in [-0.1, -0.05) is 17.7 Å². The molecule has 9 heteroatoms. The van der Waals surface area contributed by atoms with Crippen LogP contribution in [0.3, 0.4) is 0 Å². The fourth-order valence-corrected chi connectivity index (χ4v) is 3.06. The van der Waals surface area contributed by atoms with Crippen LogP contribution >= 0.6 is 11.6 Å². The molecule has 31 heavy (non-hydrogen) atoms. The summed E-state index contributed by atoms with van der Waals surface area (Å²) >= 11 is 5.95. The quantitative estimate of drug-likeness (QED) is 0.537. The zero-order valence-electron chi connectivity index (χ0n) is 16.4. The van der Waals surface area contributed by atoms with Crippen LogP contribution in [0.15, 0.2) is 59.2 Å². The van der Waals surface area contributed by atoms with Crippen molar-refractivity contribution < 1.29 is 27.9 Å². The van der Waals surface area contributed by atoms with E-state index in [2.05, 4.69) is 10.6 Å². The molecule has 1 heterocycles. The number of carbonyl (C=O) groups excluding carboxylic acids is 3. The lowest BCUT2D eigenvalue weighted by Crippen LogP contribution is -2.25. The van der Waals surface area contributed by atoms with Crippen LogP contribution in [0.25, 0.3) is 0 Å². The first-order valence-corrected chi connectivity index (χ1v) is 9.52. The number of carbonyl (C=O) groups is 3. The van der Waals surface area contributed by atoms with Gasteiger partial charge in [-0.05, 0) is 48.0 Å². The van der Waals surface area contributed by atoms with Crippen molar-refractivity contribution in [3.8, 4) is 0 Å². The Bertz CT molecular complexity index is 1090. The van der Waals surface area contributed by atoms with E-state index in [4.69, 9.17) is 20.8 Å². The third-order valence-corrected chi connectivity index (χ3v) is 4.66. The van der Waals surface area contributed by atoms with Crippen molar-refractivity contribution >= 4 is 35.1 Å². The first kappa shape index (κ1) is 22.0. The normalized spacial score (nSPS) is 10.4. The Hall–Kier alpha value is -3.65. The van der Waals surface area contributed by atoms with Crippen molar-refractivity contribution in [2.45, 2.75) is 13.0 Å². The minimum atomic E-state index is -0.611. The van der Waals surface area contributed by atoms with Gasteiger partial charge in [-0.2, -0.15) is 0 Å². The number of methoxy groups -OCH3 is 1. The molecular weight excluding hydrogens is 427 g/mol. The van der Waals surface area contributed by atoms with Crippen molar-refractivity contribution in [3.63, 3.8) is 0 Å². The molecule has 0 atom stereocenters. The summed E-state index contributed by atoms with van der Waals surface area (Å²) in [6, 6.07) is 11.8. The van der Waals surface area contributed by atoms with Crippen LogP contribution in [0.5, 0.6) is 0 Å². The van der Waals surface area contributed by atoms with Gasteiger partial charge in [-0.15, -0.1) is 0 Å². The molecule has 0 unspecified atom stereocenters. The lowest BCUT2D eigenvalue weighted by Gasteiger charge is -2.11. The predicted octanol–water partition coefficient (Wildman–Crippen LogP) is 3.97. The van der Waals surface area contributed by atoms with E-state index in [1.54, 1.807) is 12.1 Å². The Kier molecular flexibility index (Phi) is 7.04. The van der Waals surface area contributed by atoms with E-state index in [9.17, 15) is 18.8 Å². The molecule has 2 aromatic carbocycles. The second-order valence-corrected chi connectivity index (χ2v) is 6.90. The monoisotopic (exact) mass is 444 g/mol. The van der Waals surface area contributed by atoms with Crippen LogP contribution < -0.4 is 10.6 Å². The van der Waals surface area contributed by atoms with Crippen LogP contribution in [0.4, 0.5) is 10.1 Å². The van der Waals surface area contributed by atoms with Gasteiger partial charge in [0.15, 0.2) is 5.76 Å². The molecule has 0 aliphatic heterocycles. The summed E-state index contributed by atoms with van der Waals surface area (Å²) in [4.78, 5) is 36.5. The zero-order valence-corrected chi connectivity index (χ0v) is 17.2. The van der Waals surface area contributed by atoms with Crippen molar-refractivity contribution in [3.05, 3.63) is 88.1 Å². The van der Waals surface area contributed by atoms with Gasteiger partial charge in [0.25, 0.3) is 5.91 Å². The average molecular weight is 445 g/mol. The Morgan fingerprint density at radius 2 is 1.94 bits per heavy atom. The number of benzene rings is 2. The molecule has 0 saturated carbocycles. The number of esters is 1. The molecule has 0 aliphatic carbocycles. The molecular formula is C22H18ClFN2O5. The highest BCUT2D eigenvalue weighted by molar-refractivity contribution is 6.31. The molecule has 7 nitrogen and oxygen atoms in total. The molecule has 0 radical (unpaired) electrons. The number of anilines is 1. The summed E-state index contributed by atoms with van der Waals surface area (Å²) in [5.41, 5.74) is 1.11. The third kappa shape index (κ3) is 5.70. The summed E-state index contributed by atoms with van der Waals surface area (Å²) in [5.74, 6) is -2.05. The highest BCUT2D eigenvalue weighted by atomic mass is 35.5. The van der Waals surface area contributed by atoms with Gasteiger partial charge in [0.05, 0.1) is 25.4 Å². The third-order valence-electron chi connectivity index (χ3n) is 4.31. The Morgan fingerprint density at radius 3 is 2.61 bits per heavy atom. The van der Waals surface area contributed by atoms with Crippen LogP contribution in [0, 0.1) is 5.82 Å². The number of halogens is 2. The van der Waals surface area contributed by atoms with Crippen LogP contribution in [-0.4, -0.2) is 24.9 Å². The van der Waals surface area contributed by atoms with Crippen LogP contribution in [-0.2, 0) is 22.5 Å². The molecule has 0 aliphatic rings. The van der Waals surface area contributed by atoms with Crippen molar-refractivity contribution in [2.75, 3.05) is 12.4 Å². The molecule has 0 spiro atoms. The van der Waals surface area contributed by atoms with Gasteiger partial charge in [0, 0.05) is 22.8 Å². The van der Waals surface area contributed by atoms with Gasteiger partial charge < -0.3 is 19.8 Å². The van der Waals surface area contributed by atoms with Crippen LogP contribution in [0.1, 0.15) is 32.0 Å². The summed E-state index contributed by atoms with van der Waals surface area (Å²) in [5, 5.41) is 5.43. The SMILES string of the molecule is COC(=O)c1cc(CNC(=O)Cc2c(F)cccc2Cl)cc(NC(=O)c2ccco2)c1. The summed E-state index contributed by atoms with van der Waals surface area (Å²) < 4.78 is 23.7. The lowest BCUT2D eigenvalue weighted by molar-refractivity contribution is -0.120. The number of rotatable bonds is 7. The van der Waals surface area contributed by atoms with Crippen LogP contribution in [0.2, 0.25) is 5.02 Å². The van der Waals surface area contributed by atoms with Gasteiger partial charge in [-0.25, -0.2) is 9.18 Å². The maximum atomic E-state index is 13.9. The van der Waals surface area contributed by atoms with E-state index >= 15 is 0 Å². The molecule has 0 saturated heterocycles. The second kappa shape index (κ2) is 9.90. The molecule has 3 rings (SSSR count). The average Bonchev–Trinajstić information content (AvgIpc) is 3.29. The fraction of sp³-hybridized carbons (Fsp3) is 0.136. The largest absolute Gasteiger partial charge is 0.465 e. The van der Waals surface area contributed by atoms with E-state index in [-0.39, 0.29) is 34.9 Å². The number of hydrogen-bond donors (Lipinski definition) is 2. The highest BCUT2D eigenvalue weighted by Crippen LogP contribution is 2.20. The number of ether oxygens (including phenoxy) is 1. The molecule has 2 amide bonds. The Labute approximate surface area is 182 Å². The standard InChI is InChI=1S/C22H18ClFN2O5/c1-30-22(29)14-8-13(9-15(10-14)26-21(28)19-6-3-7-31-19)12-25-20(27)11-16-17(23)4-2-5-18(16)24/h2-10H,11-12H2,1H3,(H,25,27)(H,26,28). The Balaban J connectivity index is 1.74. The summed E-state index contributed by atoms with van der Waals surface area (Å²) in [6.07, 6.45) is 1.12. The summed E-state index contributed by atoms with van der Waals surface area (Å²) in [7, 11) is 1.23. The fourth-order valence-electron chi connectivity index (χ4n) is 2.83. The van der Waals surface area contributed by atoms with Gasteiger partial charge in [0.1, 0.15) is 5.82 Å². The van der Waals surface area contributed by atoms with E-state index in [0.717, 1.165) is 0 Å². The minimum Gasteiger partial charge on any atom is -0.465 e. The molecule has 2 N–H and O–H groups in total. The maximum Gasteiger partial charge on any atom is 0.337 e. The molecule has 1 aromatic heterocycles. The smallest absolute Gasteiger partial charge is 0.337 e. The molecule has 160 valence electrons. The number of furan rings is 1. The van der Waals surface area contributed by atoms with Crippen molar-refractivity contribution in [2.24, 2.45) is 0 Å². The van der Waals surface area contributed by atoms with Gasteiger partial charge in [-0.3, -0.25) is 9.59 Å². The van der Waals surface area contributed by atoms with Crippen molar-refractivity contribution in [1.82, 2.24) is 5.32 Å². The Morgan fingerprint density at radius 1 is 1.13 bits per heavy atom. The van der Waals surface area contributed by atoms with E-state index in [1.165, 1.54) is 49.8 Å². The van der Waals surface area contributed by atoms with Crippen molar-refractivity contribution in [1.29, 1.82) is 0 Å². The number of hydrogen-bond acceptors (Lipinski definition) is 5. The van der Waals surface area contributed by atoms with E-state index in [1.807, 2.05) is 0 Å². The number of nitrogens with one attached hydrogen (secondary N) is 2.